The van der Waals surface area contributed by atoms with Gasteiger partial charge in [-0.05, 0) is 18.1 Å². The quantitative estimate of drug-likeness (QED) is 0.674. The minimum absolute atomic E-state index is 0.0986. The van der Waals surface area contributed by atoms with Crippen LogP contribution in [0, 0.1) is 5.92 Å². The Hall–Kier alpha value is -1.79. The highest BCUT2D eigenvalue weighted by Gasteiger charge is 2.19. The summed E-state index contributed by atoms with van der Waals surface area (Å²) in [6.45, 7) is 3.98. The number of amides is 1. The van der Waals surface area contributed by atoms with E-state index in [1.807, 2.05) is 13.8 Å². The molecule has 21 heavy (non-hydrogen) atoms. The highest BCUT2D eigenvalue weighted by atomic mass is 16.5. The van der Waals surface area contributed by atoms with E-state index in [0.29, 0.717) is 17.2 Å². The maximum Gasteiger partial charge on any atom is 0.241 e. The number of ether oxygens (including phenoxy) is 2. The molecule has 1 rings (SSSR count). The van der Waals surface area contributed by atoms with Gasteiger partial charge >= 0.3 is 0 Å². The largest absolute Gasteiger partial charge is 0.493 e. The molecule has 0 fully saturated rings. The van der Waals surface area contributed by atoms with Crippen LogP contribution in [0.2, 0.25) is 0 Å². The number of nitrogens with two attached hydrogens (primary N) is 1. The molecule has 0 saturated heterocycles. The summed E-state index contributed by atoms with van der Waals surface area (Å²) in [5, 5.41) is 11.6. The fourth-order valence-electron chi connectivity index (χ4n) is 1.76. The predicted octanol–water partition coefficient (Wildman–Crippen LogP) is 1.38. The molecule has 118 valence electrons. The summed E-state index contributed by atoms with van der Waals surface area (Å²) in [5.74, 6) is 0.866. The molecule has 6 nitrogen and oxygen atoms in total. The molecule has 0 heterocycles. The van der Waals surface area contributed by atoms with Gasteiger partial charge in [0.1, 0.15) is 6.61 Å². The zero-order chi connectivity index (χ0) is 15.8. The number of aliphatic hydroxyl groups is 1. The molecule has 0 spiro atoms. The lowest BCUT2D eigenvalue weighted by Gasteiger charge is -2.18. The highest BCUT2D eigenvalue weighted by molar-refractivity contribution is 5.95. The summed E-state index contributed by atoms with van der Waals surface area (Å²) in [5.41, 5.74) is 6.47. The van der Waals surface area contributed by atoms with Gasteiger partial charge in [0.05, 0.1) is 19.8 Å². The monoisotopic (exact) mass is 296 g/mol. The molecule has 0 radical (unpaired) electrons. The average Bonchev–Trinajstić information content (AvgIpc) is 2.51. The SMILES string of the molecule is CCC(C)C(N)C(=O)Nc1ccc(OC)c(OCCO)c1. The van der Waals surface area contributed by atoms with Gasteiger partial charge in [0.15, 0.2) is 11.5 Å². The van der Waals surface area contributed by atoms with Crippen LogP contribution in [0.25, 0.3) is 0 Å². The smallest absolute Gasteiger partial charge is 0.241 e. The Morgan fingerprint density at radius 3 is 2.71 bits per heavy atom. The summed E-state index contributed by atoms with van der Waals surface area (Å²) >= 11 is 0. The summed E-state index contributed by atoms with van der Waals surface area (Å²) in [6.07, 6.45) is 0.835. The molecular formula is C15H24N2O4. The van der Waals surface area contributed by atoms with E-state index in [-0.39, 0.29) is 25.0 Å². The van der Waals surface area contributed by atoms with Crippen LogP contribution in [0.1, 0.15) is 20.3 Å². The van der Waals surface area contributed by atoms with Crippen molar-refractivity contribution >= 4 is 11.6 Å². The van der Waals surface area contributed by atoms with E-state index in [1.54, 1.807) is 18.2 Å². The van der Waals surface area contributed by atoms with Crippen molar-refractivity contribution in [3.05, 3.63) is 18.2 Å². The number of hydrogen-bond donors (Lipinski definition) is 3. The second kappa shape index (κ2) is 8.49. The number of carbonyl (C=O) groups excluding carboxylic acids is 1. The van der Waals surface area contributed by atoms with Crippen molar-refractivity contribution in [1.82, 2.24) is 0 Å². The molecule has 0 saturated carbocycles. The minimum atomic E-state index is -0.557. The Morgan fingerprint density at radius 1 is 1.43 bits per heavy atom. The van der Waals surface area contributed by atoms with Gasteiger partial charge in [0.25, 0.3) is 0 Å². The molecule has 0 aliphatic carbocycles. The zero-order valence-corrected chi connectivity index (χ0v) is 12.8. The lowest BCUT2D eigenvalue weighted by molar-refractivity contribution is -0.118. The lowest BCUT2D eigenvalue weighted by Crippen LogP contribution is -2.40. The molecular weight excluding hydrogens is 272 g/mol. The van der Waals surface area contributed by atoms with Gasteiger partial charge in [-0.25, -0.2) is 0 Å². The zero-order valence-electron chi connectivity index (χ0n) is 12.8. The number of benzene rings is 1. The van der Waals surface area contributed by atoms with Crippen LogP contribution in [0.5, 0.6) is 11.5 Å². The maximum atomic E-state index is 12.0. The van der Waals surface area contributed by atoms with E-state index >= 15 is 0 Å². The summed E-state index contributed by atoms with van der Waals surface area (Å²) in [7, 11) is 1.53. The van der Waals surface area contributed by atoms with E-state index in [4.69, 9.17) is 20.3 Å². The number of hydrogen-bond acceptors (Lipinski definition) is 5. The van der Waals surface area contributed by atoms with Gasteiger partial charge in [-0.1, -0.05) is 20.3 Å². The number of rotatable bonds is 8. The van der Waals surface area contributed by atoms with Gasteiger partial charge in [-0.3, -0.25) is 4.79 Å². The third-order valence-electron chi connectivity index (χ3n) is 3.34. The van der Waals surface area contributed by atoms with E-state index < -0.39 is 6.04 Å². The molecule has 0 aliphatic heterocycles. The van der Waals surface area contributed by atoms with Crippen molar-refractivity contribution in [2.45, 2.75) is 26.3 Å². The van der Waals surface area contributed by atoms with Gasteiger partial charge in [0.2, 0.25) is 5.91 Å². The third-order valence-corrected chi connectivity index (χ3v) is 3.34. The number of methoxy groups -OCH3 is 1. The van der Waals surface area contributed by atoms with Crippen molar-refractivity contribution in [3.63, 3.8) is 0 Å². The molecule has 1 aromatic carbocycles. The van der Waals surface area contributed by atoms with Gasteiger partial charge in [-0.2, -0.15) is 0 Å². The Balaban J connectivity index is 2.81. The highest BCUT2D eigenvalue weighted by Crippen LogP contribution is 2.30. The van der Waals surface area contributed by atoms with Crippen LogP contribution in [0.15, 0.2) is 18.2 Å². The summed E-state index contributed by atoms with van der Waals surface area (Å²) in [4.78, 5) is 12.0. The summed E-state index contributed by atoms with van der Waals surface area (Å²) < 4.78 is 10.5. The average molecular weight is 296 g/mol. The van der Waals surface area contributed by atoms with Crippen LogP contribution in [0.3, 0.4) is 0 Å². The molecule has 6 heteroatoms. The second-order valence-corrected chi connectivity index (χ2v) is 4.84. The molecule has 0 bridgehead atoms. The molecule has 1 amide bonds. The van der Waals surface area contributed by atoms with Gasteiger partial charge in [0, 0.05) is 11.8 Å². The summed E-state index contributed by atoms with van der Waals surface area (Å²) in [6, 6.07) is 4.50. The fourth-order valence-corrected chi connectivity index (χ4v) is 1.76. The van der Waals surface area contributed by atoms with Gasteiger partial charge < -0.3 is 25.6 Å². The van der Waals surface area contributed by atoms with Crippen LogP contribution in [0.4, 0.5) is 5.69 Å². The lowest BCUT2D eigenvalue weighted by atomic mass is 9.99. The van der Waals surface area contributed by atoms with Crippen LogP contribution in [-0.2, 0) is 4.79 Å². The van der Waals surface area contributed by atoms with E-state index in [1.165, 1.54) is 7.11 Å². The van der Waals surface area contributed by atoms with Crippen molar-refractivity contribution in [2.24, 2.45) is 11.7 Å². The number of anilines is 1. The van der Waals surface area contributed by atoms with Crippen molar-refractivity contribution < 1.29 is 19.4 Å². The first-order valence-corrected chi connectivity index (χ1v) is 7.01. The molecule has 0 aliphatic rings. The molecule has 2 atom stereocenters. The molecule has 2 unspecified atom stereocenters. The first kappa shape index (κ1) is 17.3. The standard InChI is InChI=1S/C15H24N2O4/c1-4-10(2)14(16)15(19)17-11-5-6-12(20-3)13(9-11)21-8-7-18/h5-6,9-10,14,18H,4,7-8,16H2,1-3H3,(H,17,19). The normalized spacial score (nSPS) is 13.4. The molecule has 4 N–H and O–H groups in total. The molecule has 1 aromatic rings. The first-order chi connectivity index (χ1) is 10.0. The van der Waals surface area contributed by atoms with Gasteiger partial charge in [-0.15, -0.1) is 0 Å². The maximum absolute atomic E-state index is 12.0. The topological polar surface area (TPSA) is 93.8 Å². The minimum Gasteiger partial charge on any atom is -0.493 e. The Kier molecular flexibility index (Phi) is 6.98. The number of nitrogens with one attached hydrogen (secondary N) is 1. The number of aliphatic hydroxyl groups excluding tert-OH is 1. The Morgan fingerprint density at radius 2 is 2.14 bits per heavy atom. The predicted molar refractivity (Wildman–Crippen MR) is 81.6 cm³/mol. The van der Waals surface area contributed by atoms with Crippen LogP contribution in [-0.4, -0.2) is 37.4 Å². The first-order valence-electron chi connectivity index (χ1n) is 7.01. The van der Waals surface area contributed by atoms with Crippen molar-refractivity contribution in [1.29, 1.82) is 0 Å². The van der Waals surface area contributed by atoms with Crippen molar-refractivity contribution in [2.75, 3.05) is 25.6 Å². The van der Waals surface area contributed by atoms with E-state index in [0.717, 1.165) is 6.42 Å². The van der Waals surface area contributed by atoms with E-state index in [2.05, 4.69) is 5.32 Å². The second-order valence-electron chi connectivity index (χ2n) is 4.84. The van der Waals surface area contributed by atoms with E-state index in [9.17, 15) is 4.79 Å². The van der Waals surface area contributed by atoms with Crippen molar-refractivity contribution in [3.8, 4) is 11.5 Å². The Labute approximate surface area is 125 Å². The molecule has 0 aromatic heterocycles. The third kappa shape index (κ3) is 4.91. The fraction of sp³-hybridized carbons (Fsp3) is 0.533. The van der Waals surface area contributed by atoms with Crippen LogP contribution < -0.4 is 20.5 Å². The Bertz CT molecular complexity index is 465. The van der Waals surface area contributed by atoms with Crippen LogP contribution >= 0.6 is 0 Å². The number of carbonyl (C=O) groups is 1.